The number of rotatable bonds is 4. The monoisotopic (exact) mass is 307 g/mol. The van der Waals surface area contributed by atoms with Gasteiger partial charge in [0.05, 0.1) is 0 Å². The molecule has 0 bridgehead atoms. The van der Waals surface area contributed by atoms with E-state index in [2.05, 4.69) is 0 Å². The minimum absolute atomic E-state index is 0.0677. The second kappa shape index (κ2) is 6.90. The van der Waals surface area contributed by atoms with Crippen LogP contribution in [-0.4, -0.2) is 34.5 Å². The Morgan fingerprint density at radius 1 is 1.36 bits per heavy atom. The van der Waals surface area contributed by atoms with Gasteiger partial charge in [-0.05, 0) is 42.4 Å². The Morgan fingerprint density at radius 3 is 2.59 bits per heavy atom. The minimum atomic E-state index is -0.936. The van der Waals surface area contributed by atoms with Crippen LogP contribution in [-0.2, 0) is 9.59 Å². The van der Waals surface area contributed by atoms with Gasteiger partial charge in [-0.3, -0.25) is 4.79 Å². The molecule has 2 rings (SSSR count). The van der Waals surface area contributed by atoms with Crippen LogP contribution in [0.15, 0.2) is 24.3 Å². The van der Waals surface area contributed by atoms with Crippen molar-refractivity contribution in [2.75, 3.05) is 6.54 Å². The third-order valence-electron chi connectivity index (χ3n) is 4.39. The highest BCUT2D eigenvalue weighted by Gasteiger charge is 2.34. The van der Waals surface area contributed by atoms with Gasteiger partial charge in [0, 0.05) is 13.0 Å². The van der Waals surface area contributed by atoms with E-state index in [1.165, 1.54) is 17.0 Å². The molecule has 0 radical (unpaired) electrons. The largest absolute Gasteiger partial charge is 0.480 e. The van der Waals surface area contributed by atoms with Crippen LogP contribution < -0.4 is 0 Å². The lowest BCUT2D eigenvalue weighted by atomic mass is 9.91. The van der Waals surface area contributed by atoms with Crippen molar-refractivity contribution in [3.63, 3.8) is 0 Å². The number of halogens is 1. The van der Waals surface area contributed by atoms with Crippen LogP contribution in [0.4, 0.5) is 4.39 Å². The third kappa shape index (κ3) is 3.84. The molecule has 1 heterocycles. The summed E-state index contributed by atoms with van der Waals surface area (Å²) in [6, 6.07) is 5.36. The van der Waals surface area contributed by atoms with Gasteiger partial charge in [0.25, 0.3) is 0 Å². The highest BCUT2D eigenvalue weighted by atomic mass is 19.1. The number of piperidine rings is 1. The Morgan fingerprint density at radius 2 is 2.00 bits per heavy atom. The first-order valence-corrected chi connectivity index (χ1v) is 7.66. The van der Waals surface area contributed by atoms with Gasteiger partial charge in [0.15, 0.2) is 0 Å². The van der Waals surface area contributed by atoms with Gasteiger partial charge in [-0.2, -0.15) is 0 Å². The van der Waals surface area contributed by atoms with Crippen molar-refractivity contribution in [1.82, 2.24) is 4.90 Å². The van der Waals surface area contributed by atoms with E-state index in [-0.39, 0.29) is 24.1 Å². The molecule has 1 aromatic carbocycles. The molecule has 1 N–H and O–H groups in total. The standard InChI is InChI=1S/C17H22FNO3/c1-11-7-8-19(15(9-11)17(21)22)16(20)10-12(2)13-3-5-14(18)6-4-13/h3-6,11-12,15H,7-10H2,1-2H3,(H,21,22). The second-order valence-corrected chi connectivity index (χ2v) is 6.23. The number of carbonyl (C=O) groups is 2. The van der Waals surface area contributed by atoms with E-state index in [1.54, 1.807) is 12.1 Å². The Balaban J connectivity index is 2.03. The Hall–Kier alpha value is -1.91. The molecule has 3 atom stereocenters. The van der Waals surface area contributed by atoms with Gasteiger partial charge in [-0.1, -0.05) is 26.0 Å². The zero-order valence-electron chi connectivity index (χ0n) is 13.0. The van der Waals surface area contributed by atoms with Gasteiger partial charge in [-0.15, -0.1) is 0 Å². The lowest BCUT2D eigenvalue weighted by Crippen LogP contribution is -2.50. The van der Waals surface area contributed by atoms with Crippen LogP contribution >= 0.6 is 0 Å². The fraction of sp³-hybridized carbons (Fsp3) is 0.529. The number of hydrogen-bond donors (Lipinski definition) is 1. The quantitative estimate of drug-likeness (QED) is 0.930. The predicted molar refractivity (Wildman–Crippen MR) is 81.0 cm³/mol. The maximum Gasteiger partial charge on any atom is 0.326 e. The summed E-state index contributed by atoms with van der Waals surface area (Å²) in [6.45, 7) is 4.40. The Labute approximate surface area is 129 Å². The molecule has 22 heavy (non-hydrogen) atoms. The SMILES string of the molecule is CC1CCN(C(=O)CC(C)c2ccc(F)cc2)C(C(=O)O)C1. The molecule has 1 aromatic rings. The molecule has 3 unspecified atom stereocenters. The molecule has 0 spiro atoms. The zero-order chi connectivity index (χ0) is 16.3. The number of carbonyl (C=O) groups excluding carboxylic acids is 1. The number of hydrogen-bond acceptors (Lipinski definition) is 2. The number of carboxylic acid groups (broad SMARTS) is 1. The van der Waals surface area contributed by atoms with Crippen LogP contribution in [0.25, 0.3) is 0 Å². The predicted octanol–water partition coefficient (Wildman–Crippen LogP) is 3.03. The average Bonchev–Trinajstić information content (AvgIpc) is 2.47. The van der Waals surface area contributed by atoms with Crippen molar-refractivity contribution in [3.8, 4) is 0 Å². The van der Waals surface area contributed by atoms with E-state index in [9.17, 15) is 19.1 Å². The molecule has 1 aliphatic rings. The van der Waals surface area contributed by atoms with Gasteiger partial charge >= 0.3 is 5.97 Å². The highest BCUT2D eigenvalue weighted by molar-refractivity contribution is 5.84. The molecular formula is C17H22FNO3. The van der Waals surface area contributed by atoms with Crippen molar-refractivity contribution in [2.24, 2.45) is 5.92 Å². The van der Waals surface area contributed by atoms with E-state index in [1.807, 2.05) is 13.8 Å². The summed E-state index contributed by atoms with van der Waals surface area (Å²) >= 11 is 0. The molecule has 4 nitrogen and oxygen atoms in total. The number of likely N-dealkylation sites (tertiary alicyclic amines) is 1. The number of nitrogens with zero attached hydrogens (tertiary/aromatic N) is 1. The van der Waals surface area contributed by atoms with Crippen molar-refractivity contribution < 1.29 is 19.1 Å². The summed E-state index contributed by atoms with van der Waals surface area (Å²) in [5, 5.41) is 9.32. The van der Waals surface area contributed by atoms with Gasteiger partial charge in [0.2, 0.25) is 5.91 Å². The number of aliphatic carboxylic acids is 1. The van der Waals surface area contributed by atoms with Crippen LogP contribution in [0, 0.1) is 11.7 Å². The maximum absolute atomic E-state index is 12.9. The summed E-state index contributed by atoms with van der Waals surface area (Å²) in [5.41, 5.74) is 0.881. The van der Waals surface area contributed by atoms with Crippen LogP contribution in [0.2, 0.25) is 0 Å². The average molecular weight is 307 g/mol. The lowest BCUT2D eigenvalue weighted by Gasteiger charge is -2.36. The Bertz CT molecular complexity index is 543. The second-order valence-electron chi connectivity index (χ2n) is 6.23. The number of benzene rings is 1. The van der Waals surface area contributed by atoms with Crippen molar-refractivity contribution >= 4 is 11.9 Å². The molecule has 0 saturated carbocycles. The summed E-state index contributed by atoms with van der Waals surface area (Å²) in [4.78, 5) is 25.3. The summed E-state index contributed by atoms with van der Waals surface area (Å²) in [7, 11) is 0. The van der Waals surface area contributed by atoms with E-state index in [0.29, 0.717) is 18.9 Å². The molecular weight excluding hydrogens is 285 g/mol. The first-order valence-electron chi connectivity index (χ1n) is 7.66. The van der Waals surface area contributed by atoms with Crippen LogP contribution in [0.1, 0.15) is 44.6 Å². The van der Waals surface area contributed by atoms with Gasteiger partial charge in [-0.25, -0.2) is 9.18 Å². The summed E-state index contributed by atoms with van der Waals surface area (Å²) < 4.78 is 12.9. The molecule has 1 aliphatic heterocycles. The van der Waals surface area contributed by atoms with E-state index in [0.717, 1.165) is 12.0 Å². The van der Waals surface area contributed by atoms with Crippen LogP contribution in [0.5, 0.6) is 0 Å². The lowest BCUT2D eigenvalue weighted by molar-refractivity contribution is -0.153. The minimum Gasteiger partial charge on any atom is -0.480 e. The van der Waals surface area contributed by atoms with E-state index >= 15 is 0 Å². The highest BCUT2D eigenvalue weighted by Crippen LogP contribution is 2.26. The summed E-state index contributed by atoms with van der Waals surface area (Å²) in [6.07, 6.45) is 1.58. The molecule has 0 aliphatic carbocycles. The van der Waals surface area contributed by atoms with Crippen LogP contribution in [0.3, 0.4) is 0 Å². The number of amides is 1. The first-order chi connectivity index (χ1) is 10.4. The third-order valence-corrected chi connectivity index (χ3v) is 4.39. The zero-order valence-corrected chi connectivity index (χ0v) is 13.0. The fourth-order valence-corrected chi connectivity index (χ4v) is 2.96. The molecule has 1 amide bonds. The Kier molecular flexibility index (Phi) is 5.16. The van der Waals surface area contributed by atoms with E-state index in [4.69, 9.17) is 0 Å². The molecule has 0 aromatic heterocycles. The topological polar surface area (TPSA) is 57.6 Å². The smallest absolute Gasteiger partial charge is 0.326 e. The maximum atomic E-state index is 12.9. The molecule has 5 heteroatoms. The molecule has 120 valence electrons. The molecule has 1 fully saturated rings. The normalized spacial score (nSPS) is 23.1. The van der Waals surface area contributed by atoms with Crippen molar-refractivity contribution in [2.45, 2.75) is 45.1 Å². The summed E-state index contributed by atoms with van der Waals surface area (Å²) in [5.74, 6) is -1.13. The van der Waals surface area contributed by atoms with E-state index < -0.39 is 12.0 Å². The van der Waals surface area contributed by atoms with Gasteiger partial charge in [0.1, 0.15) is 11.9 Å². The first kappa shape index (κ1) is 16.5. The fourth-order valence-electron chi connectivity index (χ4n) is 2.96. The van der Waals surface area contributed by atoms with Crippen molar-refractivity contribution in [3.05, 3.63) is 35.6 Å². The molecule has 1 saturated heterocycles. The van der Waals surface area contributed by atoms with Gasteiger partial charge < -0.3 is 10.0 Å². The number of carboxylic acids is 1. The van der Waals surface area contributed by atoms with Crippen molar-refractivity contribution in [1.29, 1.82) is 0 Å².